The third-order valence-corrected chi connectivity index (χ3v) is 3.80. The van der Waals surface area contributed by atoms with E-state index in [4.69, 9.17) is 0 Å². The molecule has 0 aliphatic carbocycles. The van der Waals surface area contributed by atoms with Crippen LogP contribution in [0.15, 0.2) is 42.5 Å². The zero-order valence-electron chi connectivity index (χ0n) is 11.5. The summed E-state index contributed by atoms with van der Waals surface area (Å²) in [7, 11) is 0. The molecule has 20 heavy (non-hydrogen) atoms. The molecule has 0 spiro atoms. The van der Waals surface area contributed by atoms with Gasteiger partial charge < -0.3 is 10.0 Å². The zero-order valence-corrected chi connectivity index (χ0v) is 11.5. The van der Waals surface area contributed by atoms with Gasteiger partial charge in [0.05, 0.1) is 0 Å². The lowest BCUT2D eigenvalue weighted by molar-refractivity contribution is 0.0985. The Bertz CT molecular complexity index is 664. The minimum Gasteiger partial charge on any atom is -0.508 e. The number of aryl methyl sites for hydroxylation is 2. The summed E-state index contributed by atoms with van der Waals surface area (Å²) in [6.45, 7) is 2.55. The highest BCUT2D eigenvalue weighted by Crippen LogP contribution is 2.28. The highest BCUT2D eigenvalue weighted by atomic mass is 16.3. The largest absolute Gasteiger partial charge is 0.508 e. The summed E-state index contributed by atoms with van der Waals surface area (Å²) in [5.74, 6) is 0.223. The number of fused-ring (bicyclic) bond motifs is 1. The molecule has 0 saturated heterocycles. The summed E-state index contributed by atoms with van der Waals surface area (Å²) < 4.78 is 0. The van der Waals surface area contributed by atoms with E-state index in [0.717, 1.165) is 30.6 Å². The molecule has 102 valence electrons. The van der Waals surface area contributed by atoms with Crippen LogP contribution in [0.4, 0.5) is 5.69 Å². The number of carbonyl (C=O) groups is 1. The average Bonchev–Trinajstić information content (AvgIpc) is 2.49. The van der Waals surface area contributed by atoms with Crippen molar-refractivity contribution in [1.82, 2.24) is 0 Å². The van der Waals surface area contributed by atoms with E-state index in [2.05, 4.69) is 6.07 Å². The fourth-order valence-corrected chi connectivity index (χ4v) is 2.69. The van der Waals surface area contributed by atoms with Gasteiger partial charge in [0.2, 0.25) is 0 Å². The predicted octanol–water partition coefficient (Wildman–Crippen LogP) is 3.29. The lowest BCUT2D eigenvalue weighted by Gasteiger charge is -2.29. The second-order valence-corrected chi connectivity index (χ2v) is 5.19. The van der Waals surface area contributed by atoms with Crippen LogP contribution in [0.25, 0.3) is 0 Å². The molecule has 1 amide bonds. The molecule has 0 bridgehead atoms. The first-order valence-corrected chi connectivity index (χ1v) is 6.86. The highest BCUT2D eigenvalue weighted by Gasteiger charge is 2.23. The van der Waals surface area contributed by atoms with E-state index in [-0.39, 0.29) is 11.7 Å². The lowest BCUT2D eigenvalue weighted by Crippen LogP contribution is -2.35. The summed E-state index contributed by atoms with van der Waals surface area (Å²) in [5.41, 5.74) is 3.58. The Morgan fingerprint density at radius 1 is 1.20 bits per heavy atom. The van der Waals surface area contributed by atoms with Gasteiger partial charge in [0, 0.05) is 17.8 Å². The van der Waals surface area contributed by atoms with E-state index in [1.54, 1.807) is 25.1 Å². The maximum atomic E-state index is 12.7. The molecule has 3 rings (SSSR count). The first-order chi connectivity index (χ1) is 9.66. The van der Waals surface area contributed by atoms with Crippen LogP contribution in [0, 0.1) is 6.92 Å². The van der Waals surface area contributed by atoms with Gasteiger partial charge in [0.1, 0.15) is 5.75 Å². The van der Waals surface area contributed by atoms with Gasteiger partial charge in [-0.2, -0.15) is 0 Å². The smallest absolute Gasteiger partial charge is 0.258 e. The molecule has 0 atom stereocenters. The minimum absolute atomic E-state index is 0.000231. The fourth-order valence-electron chi connectivity index (χ4n) is 2.69. The number of nitrogens with zero attached hydrogens (tertiary/aromatic N) is 1. The molecule has 0 fully saturated rings. The predicted molar refractivity (Wildman–Crippen MR) is 79.3 cm³/mol. The zero-order chi connectivity index (χ0) is 14.1. The maximum Gasteiger partial charge on any atom is 0.258 e. The molecule has 3 nitrogen and oxygen atoms in total. The van der Waals surface area contributed by atoms with Crippen molar-refractivity contribution in [2.24, 2.45) is 0 Å². The summed E-state index contributed by atoms with van der Waals surface area (Å²) in [5, 5.41) is 9.57. The van der Waals surface area contributed by atoms with Crippen molar-refractivity contribution in [3.05, 3.63) is 59.2 Å². The molecule has 1 heterocycles. The van der Waals surface area contributed by atoms with Crippen LogP contribution in [0.3, 0.4) is 0 Å². The molecule has 0 aromatic heterocycles. The van der Waals surface area contributed by atoms with E-state index < -0.39 is 0 Å². The molecule has 3 heteroatoms. The quantitative estimate of drug-likeness (QED) is 0.861. The van der Waals surface area contributed by atoms with Crippen LogP contribution < -0.4 is 4.90 Å². The van der Waals surface area contributed by atoms with E-state index in [9.17, 15) is 9.90 Å². The van der Waals surface area contributed by atoms with E-state index in [0.29, 0.717) is 5.56 Å². The topological polar surface area (TPSA) is 40.5 Å². The van der Waals surface area contributed by atoms with Gasteiger partial charge in [-0.25, -0.2) is 0 Å². The Labute approximate surface area is 118 Å². The van der Waals surface area contributed by atoms with Gasteiger partial charge >= 0.3 is 0 Å². The van der Waals surface area contributed by atoms with Crippen molar-refractivity contribution in [2.45, 2.75) is 19.8 Å². The van der Waals surface area contributed by atoms with Crippen LogP contribution >= 0.6 is 0 Å². The van der Waals surface area contributed by atoms with Crippen LogP contribution in [-0.4, -0.2) is 17.6 Å². The highest BCUT2D eigenvalue weighted by molar-refractivity contribution is 6.06. The number of benzene rings is 2. The van der Waals surface area contributed by atoms with Crippen LogP contribution in [0.1, 0.15) is 27.9 Å². The van der Waals surface area contributed by atoms with E-state index >= 15 is 0 Å². The first kappa shape index (κ1) is 12.7. The molecule has 0 saturated carbocycles. The molecule has 1 aliphatic heterocycles. The molecular formula is C17H17NO2. The number of carbonyl (C=O) groups excluding carboxylic acids is 1. The molecule has 1 N–H and O–H groups in total. The SMILES string of the molecule is Cc1cc(C(=O)N2CCCc3ccccc32)ccc1O. The van der Waals surface area contributed by atoms with Crippen molar-refractivity contribution in [3.8, 4) is 5.75 Å². The van der Waals surface area contributed by atoms with Gasteiger partial charge in [0.25, 0.3) is 5.91 Å². The van der Waals surface area contributed by atoms with Gasteiger partial charge in [-0.05, 0) is 55.2 Å². The number of hydrogen-bond donors (Lipinski definition) is 1. The summed E-state index contributed by atoms with van der Waals surface area (Å²) in [6.07, 6.45) is 2.01. The Kier molecular flexibility index (Phi) is 3.18. The van der Waals surface area contributed by atoms with E-state index in [1.807, 2.05) is 23.1 Å². The maximum absolute atomic E-state index is 12.7. The summed E-state index contributed by atoms with van der Waals surface area (Å²) in [4.78, 5) is 14.5. The Morgan fingerprint density at radius 3 is 2.80 bits per heavy atom. The molecule has 2 aromatic rings. The molecular weight excluding hydrogens is 250 g/mol. The van der Waals surface area contributed by atoms with E-state index in [1.165, 1.54) is 5.56 Å². The summed E-state index contributed by atoms with van der Waals surface area (Å²) in [6, 6.07) is 13.1. The Hall–Kier alpha value is -2.29. The number of amides is 1. The number of hydrogen-bond acceptors (Lipinski definition) is 2. The first-order valence-electron chi connectivity index (χ1n) is 6.86. The van der Waals surface area contributed by atoms with Gasteiger partial charge in [-0.15, -0.1) is 0 Å². The van der Waals surface area contributed by atoms with Gasteiger partial charge in [-0.3, -0.25) is 4.79 Å². The average molecular weight is 267 g/mol. The lowest BCUT2D eigenvalue weighted by atomic mass is 10.0. The van der Waals surface area contributed by atoms with Crippen molar-refractivity contribution in [3.63, 3.8) is 0 Å². The number of phenols is 1. The number of aromatic hydroxyl groups is 1. The molecule has 2 aromatic carbocycles. The van der Waals surface area contributed by atoms with Crippen molar-refractivity contribution < 1.29 is 9.90 Å². The standard InChI is InChI=1S/C17H17NO2/c1-12-11-14(8-9-16(12)19)17(20)18-10-4-6-13-5-2-3-7-15(13)18/h2-3,5,7-9,11,19H,4,6,10H2,1H3. The van der Waals surface area contributed by atoms with Crippen molar-refractivity contribution in [2.75, 3.05) is 11.4 Å². The Morgan fingerprint density at radius 2 is 2.00 bits per heavy atom. The number of anilines is 1. The third kappa shape index (κ3) is 2.16. The monoisotopic (exact) mass is 267 g/mol. The normalized spacial score (nSPS) is 13.9. The second-order valence-electron chi connectivity index (χ2n) is 5.19. The third-order valence-electron chi connectivity index (χ3n) is 3.80. The van der Waals surface area contributed by atoms with Crippen molar-refractivity contribution in [1.29, 1.82) is 0 Å². The number of para-hydroxylation sites is 1. The summed E-state index contributed by atoms with van der Waals surface area (Å²) >= 11 is 0. The van der Waals surface area contributed by atoms with Crippen molar-refractivity contribution >= 4 is 11.6 Å². The van der Waals surface area contributed by atoms with Crippen LogP contribution in [-0.2, 0) is 6.42 Å². The minimum atomic E-state index is 0.000231. The number of phenolic OH excluding ortho intramolecular Hbond substituents is 1. The number of rotatable bonds is 1. The molecule has 0 radical (unpaired) electrons. The molecule has 1 aliphatic rings. The van der Waals surface area contributed by atoms with Crippen LogP contribution in [0.2, 0.25) is 0 Å². The molecule has 0 unspecified atom stereocenters. The Balaban J connectivity index is 1.97. The fraction of sp³-hybridized carbons (Fsp3) is 0.235. The second kappa shape index (κ2) is 5.00. The van der Waals surface area contributed by atoms with Gasteiger partial charge in [-0.1, -0.05) is 18.2 Å². The van der Waals surface area contributed by atoms with Crippen LogP contribution in [0.5, 0.6) is 5.75 Å². The van der Waals surface area contributed by atoms with Gasteiger partial charge in [0.15, 0.2) is 0 Å².